The summed E-state index contributed by atoms with van der Waals surface area (Å²) in [4.78, 5) is 22.2. The van der Waals surface area contributed by atoms with Crippen LogP contribution >= 0.6 is 0 Å². The molecule has 6 nitrogen and oxygen atoms in total. The molecule has 2 N–H and O–H groups in total. The van der Waals surface area contributed by atoms with E-state index in [0.717, 1.165) is 12.8 Å². The molecule has 2 atom stereocenters. The van der Waals surface area contributed by atoms with Crippen LogP contribution < -0.4 is 0 Å². The first-order valence-electron chi connectivity index (χ1n) is 4.67. The molecule has 6 heteroatoms. The van der Waals surface area contributed by atoms with Gasteiger partial charge in [0.05, 0.1) is 12.1 Å². The molecule has 0 radical (unpaired) electrons. The monoisotopic (exact) mass is 200 g/mol. The predicted molar refractivity (Wildman–Crippen MR) is 43.3 cm³/mol. The second kappa shape index (κ2) is 3.21. The number of carbonyl (C=O) groups excluding carboxylic acids is 2. The second-order valence-electron chi connectivity index (χ2n) is 3.72. The fraction of sp³-hybridized carbons (Fsp3) is 0.750. The van der Waals surface area contributed by atoms with Gasteiger partial charge in [0.25, 0.3) is 0 Å². The van der Waals surface area contributed by atoms with Gasteiger partial charge in [-0.1, -0.05) is 12.8 Å². The zero-order valence-electron chi connectivity index (χ0n) is 7.59. The number of hydroxylamine groups is 4. The molecule has 0 aromatic heterocycles. The van der Waals surface area contributed by atoms with Gasteiger partial charge in [-0.25, -0.2) is 10.1 Å². The van der Waals surface area contributed by atoms with Crippen LogP contribution in [0.3, 0.4) is 0 Å². The van der Waals surface area contributed by atoms with E-state index in [1.54, 1.807) is 0 Å². The molecule has 78 valence electrons. The molecule has 2 rings (SSSR count). The molecule has 2 aliphatic rings. The summed E-state index contributed by atoms with van der Waals surface area (Å²) in [7, 11) is 0. The van der Waals surface area contributed by atoms with Crippen LogP contribution in [0.2, 0.25) is 0 Å². The lowest BCUT2D eigenvalue weighted by atomic mass is 9.88. The zero-order valence-corrected chi connectivity index (χ0v) is 7.59. The van der Waals surface area contributed by atoms with E-state index in [1.807, 2.05) is 0 Å². The Morgan fingerprint density at radius 1 is 0.929 bits per heavy atom. The zero-order chi connectivity index (χ0) is 10.3. The van der Waals surface area contributed by atoms with Crippen molar-refractivity contribution in [2.24, 2.45) is 0 Å². The van der Waals surface area contributed by atoms with E-state index < -0.39 is 23.9 Å². The summed E-state index contributed by atoms with van der Waals surface area (Å²) in [5.41, 5.74) is 0. The Morgan fingerprint density at radius 3 is 1.64 bits per heavy atom. The molecule has 0 unspecified atom stereocenters. The minimum atomic E-state index is -1.05. The van der Waals surface area contributed by atoms with Crippen molar-refractivity contribution in [2.75, 3.05) is 0 Å². The molecule has 0 spiro atoms. The van der Waals surface area contributed by atoms with E-state index in [9.17, 15) is 20.0 Å². The molecular formula is C8H12N2O4. The summed E-state index contributed by atoms with van der Waals surface area (Å²) in [6, 6.07) is -0.891. The van der Waals surface area contributed by atoms with Crippen molar-refractivity contribution in [3.05, 3.63) is 0 Å². The summed E-state index contributed by atoms with van der Waals surface area (Å²) < 4.78 is 0. The second-order valence-corrected chi connectivity index (χ2v) is 3.72. The van der Waals surface area contributed by atoms with Crippen molar-refractivity contribution in [1.82, 2.24) is 10.1 Å². The van der Waals surface area contributed by atoms with Gasteiger partial charge in [0.15, 0.2) is 0 Å². The fourth-order valence-corrected chi connectivity index (χ4v) is 2.16. The summed E-state index contributed by atoms with van der Waals surface area (Å²) in [5.74, 6) is -2.09. The van der Waals surface area contributed by atoms with Gasteiger partial charge in [-0.2, -0.15) is 0 Å². The number of carbonyl (C=O) groups is 2. The largest absolute Gasteiger partial charge is 0.337 e. The highest BCUT2D eigenvalue weighted by Gasteiger charge is 2.46. The number of piperazine rings is 1. The lowest BCUT2D eigenvalue weighted by Crippen LogP contribution is -2.63. The number of amides is 2. The van der Waals surface area contributed by atoms with Crippen molar-refractivity contribution in [1.29, 1.82) is 0 Å². The van der Waals surface area contributed by atoms with Gasteiger partial charge in [0, 0.05) is 0 Å². The van der Waals surface area contributed by atoms with Crippen LogP contribution in [0, 0.1) is 0 Å². The minimum absolute atomic E-state index is 0.445. The molecule has 1 aliphatic heterocycles. The third-order valence-electron chi connectivity index (χ3n) is 2.92. The van der Waals surface area contributed by atoms with Crippen LogP contribution in [0.5, 0.6) is 0 Å². The normalized spacial score (nSPS) is 33.3. The summed E-state index contributed by atoms with van der Waals surface area (Å²) >= 11 is 0. The van der Waals surface area contributed by atoms with Crippen molar-refractivity contribution >= 4 is 11.8 Å². The molecule has 0 aromatic rings. The highest BCUT2D eigenvalue weighted by Crippen LogP contribution is 2.29. The Kier molecular flexibility index (Phi) is 2.16. The molecule has 2 fully saturated rings. The van der Waals surface area contributed by atoms with Gasteiger partial charge < -0.3 is 0 Å². The molecule has 14 heavy (non-hydrogen) atoms. The third-order valence-corrected chi connectivity index (χ3v) is 2.92. The number of hydrogen-bond acceptors (Lipinski definition) is 4. The molecule has 2 amide bonds. The average Bonchev–Trinajstić information content (AvgIpc) is 2.23. The van der Waals surface area contributed by atoms with Gasteiger partial charge in [-0.05, 0) is 12.8 Å². The lowest BCUT2D eigenvalue weighted by molar-refractivity contribution is -0.236. The number of fused-ring (bicyclic) bond motifs is 1. The highest BCUT2D eigenvalue weighted by atomic mass is 16.5. The summed E-state index contributed by atoms with van der Waals surface area (Å²) in [5, 5.41) is 19.7. The van der Waals surface area contributed by atoms with Gasteiger partial charge in [0.1, 0.15) is 0 Å². The third kappa shape index (κ3) is 1.18. The standard InChI is InChI=1S/C8H12N2O4/c11-7-8(12)10(14)6-4-2-1-3-5(6)9(7)13/h5-6,13-14H,1-4H2/t5-,6-/m1/s1. The lowest BCUT2D eigenvalue weighted by Gasteiger charge is -2.43. The van der Waals surface area contributed by atoms with Crippen LogP contribution in [0.1, 0.15) is 25.7 Å². The van der Waals surface area contributed by atoms with E-state index in [4.69, 9.17) is 0 Å². The van der Waals surface area contributed by atoms with Crippen molar-refractivity contribution in [3.8, 4) is 0 Å². The maximum Gasteiger partial charge on any atom is 0.337 e. The van der Waals surface area contributed by atoms with Crippen LogP contribution in [0.25, 0.3) is 0 Å². The van der Waals surface area contributed by atoms with E-state index in [0.29, 0.717) is 23.0 Å². The molecular weight excluding hydrogens is 188 g/mol. The first kappa shape index (κ1) is 9.42. The summed E-state index contributed by atoms with van der Waals surface area (Å²) in [6.07, 6.45) is 3.04. The molecule has 1 saturated heterocycles. The van der Waals surface area contributed by atoms with Gasteiger partial charge in [0.2, 0.25) is 0 Å². The Hall–Kier alpha value is -1.14. The SMILES string of the molecule is O=C1C(=O)N(O)[C@@H]2CCCC[C@H]2N1O. The quantitative estimate of drug-likeness (QED) is 0.417. The van der Waals surface area contributed by atoms with Crippen LogP contribution in [-0.2, 0) is 9.59 Å². The van der Waals surface area contributed by atoms with Crippen LogP contribution in [0.4, 0.5) is 0 Å². The Balaban J connectivity index is 2.25. The average molecular weight is 200 g/mol. The topological polar surface area (TPSA) is 81.1 Å². The Bertz CT molecular complexity index is 253. The Labute approximate surface area is 80.6 Å². The van der Waals surface area contributed by atoms with Crippen molar-refractivity contribution < 1.29 is 20.0 Å². The van der Waals surface area contributed by atoms with E-state index in [2.05, 4.69) is 0 Å². The fourth-order valence-electron chi connectivity index (χ4n) is 2.16. The maximum atomic E-state index is 11.1. The van der Waals surface area contributed by atoms with Crippen molar-refractivity contribution in [3.63, 3.8) is 0 Å². The molecule has 0 bridgehead atoms. The predicted octanol–water partition coefficient (Wildman–Crippen LogP) is -0.253. The van der Waals surface area contributed by atoms with Gasteiger partial charge in [-0.3, -0.25) is 20.0 Å². The van der Waals surface area contributed by atoms with E-state index in [1.165, 1.54) is 0 Å². The molecule has 0 aromatic carbocycles. The van der Waals surface area contributed by atoms with Crippen LogP contribution in [0.15, 0.2) is 0 Å². The summed E-state index contributed by atoms with van der Waals surface area (Å²) in [6.45, 7) is 0. The van der Waals surface area contributed by atoms with Gasteiger partial charge >= 0.3 is 11.8 Å². The van der Waals surface area contributed by atoms with E-state index >= 15 is 0 Å². The van der Waals surface area contributed by atoms with Gasteiger partial charge in [-0.15, -0.1) is 0 Å². The highest BCUT2D eigenvalue weighted by molar-refractivity contribution is 6.34. The van der Waals surface area contributed by atoms with Crippen LogP contribution in [-0.4, -0.2) is 44.4 Å². The molecule has 1 saturated carbocycles. The Morgan fingerprint density at radius 2 is 1.29 bits per heavy atom. The van der Waals surface area contributed by atoms with Crippen molar-refractivity contribution in [2.45, 2.75) is 37.8 Å². The first-order chi connectivity index (χ1) is 6.63. The number of rotatable bonds is 0. The smallest absolute Gasteiger partial charge is 0.285 e. The molecule has 1 heterocycles. The minimum Gasteiger partial charge on any atom is -0.285 e. The number of hydrogen-bond donors (Lipinski definition) is 2. The number of nitrogens with zero attached hydrogens (tertiary/aromatic N) is 2. The van der Waals surface area contributed by atoms with E-state index in [-0.39, 0.29) is 0 Å². The first-order valence-corrected chi connectivity index (χ1v) is 4.67. The molecule has 1 aliphatic carbocycles. The maximum absolute atomic E-state index is 11.1.